The van der Waals surface area contributed by atoms with Gasteiger partial charge in [0.15, 0.2) is 0 Å². The van der Waals surface area contributed by atoms with Crippen LogP contribution in [0.5, 0.6) is 0 Å². The number of benzene rings is 7. The van der Waals surface area contributed by atoms with Crippen LogP contribution in [0.1, 0.15) is 11.3 Å². The molecule has 7 aromatic carbocycles. The maximum absolute atomic E-state index is 6.17. The lowest BCUT2D eigenvalue weighted by Gasteiger charge is -2.18. The van der Waals surface area contributed by atoms with Gasteiger partial charge in [0.05, 0.1) is 0 Å². The van der Waals surface area contributed by atoms with Gasteiger partial charge in [0.2, 0.25) is 0 Å². The Bertz CT molecular complexity index is 2340. The van der Waals surface area contributed by atoms with Crippen molar-refractivity contribution in [1.29, 1.82) is 0 Å². The lowest BCUT2D eigenvalue weighted by Crippen LogP contribution is -1.91. The number of hydrogen-bond donors (Lipinski definition) is 0. The van der Waals surface area contributed by atoms with Crippen molar-refractivity contribution >= 4 is 49.4 Å². The van der Waals surface area contributed by atoms with Gasteiger partial charge in [-0.15, -0.1) is 0 Å². The van der Waals surface area contributed by atoms with Crippen LogP contribution in [0, 0.1) is 6.92 Å². The van der Waals surface area contributed by atoms with E-state index in [0.29, 0.717) is 0 Å². The van der Waals surface area contributed by atoms with Crippen LogP contribution in [0.25, 0.3) is 82.7 Å². The molecule has 1 nitrogen and oxygen atoms in total. The summed E-state index contributed by atoms with van der Waals surface area (Å²) in [4.78, 5) is 0. The van der Waals surface area contributed by atoms with E-state index in [0.717, 1.165) is 22.3 Å². The van der Waals surface area contributed by atoms with Gasteiger partial charge in [-0.3, -0.25) is 0 Å². The van der Waals surface area contributed by atoms with Crippen molar-refractivity contribution in [3.05, 3.63) is 164 Å². The first-order valence-electron chi connectivity index (χ1n) is 15.1. The highest BCUT2D eigenvalue weighted by Crippen LogP contribution is 2.45. The number of hydrogen-bond acceptors (Lipinski definition) is 1. The Balaban J connectivity index is 1.33. The van der Waals surface area contributed by atoms with E-state index in [1.807, 2.05) is 12.2 Å². The van der Waals surface area contributed by atoms with Gasteiger partial charge >= 0.3 is 0 Å². The van der Waals surface area contributed by atoms with Crippen LogP contribution in [0.2, 0.25) is 0 Å². The number of rotatable bonds is 5. The normalized spacial score (nSPS) is 11.8. The Morgan fingerprint density at radius 3 is 1.73 bits per heavy atom. The fourth-order valence-corrected chi connectivity index (χ4v) is 6.75. The average molecular weight is 563 g/mol. The minimum atomic E-state index is 0.870. The molecule has 1 heterocycles. The molecule has 0 atom stereocenters. The van der Waals surface area contributed by atoms with Gasteiger partial charge in [-0.25, -0.2) is 0 Å². The molecule has 0 N–H and O–H groups in total. The van der Waals surface area contributed by atoms with Crippen molar-refractivity contribution in [1.82, 2.24) is 0 Å². The summed E-state index contributed by atoms with van der Waals surface area (Å²) >= 11 is 0. The van der Waals surface area contributed by atoms with Crippen LogP contribution in [0.15, 0.2) is 157 Å². The number of furan rings is 1. The molecule has 0 radical (unpaired) electrons. The summed E-state index contributed by atoms with van der Waals surface area (Å²) in [7, 11) is 0. The molecule has 8 rings (SSSR count). The van der Waals surface area contributed by atoms with E-state index < -0.39 is 0 Å². The predicted molar refractivity (Wildman–Crippen MR) is 189 cm³/mol. The first-order valence-corrected chi connectivity index (χ1v) is 15.1. The van der Waals surface area contributed by atoms with Crippen molar-refractivity contribution in [2.75, 3.05) is 0 Å². The zero-order valence-electron chi connectivity index (χ0n) is 24.5. The third-order valence-electron chi connectivity index (χ3n) is 8.85. The Hall–Kier alpha value is -5.66. The van der Waals surface area contributed by atoms with E-state index >= 15 is 0 Å². The Morgan fingerprint density at radius 1 is 0.523 bits per heavy atom. The predicted octanol–water partition coefficient (Wildman–Crippen LogP) is 12.4. The molecule has 0 unspecified atom stereocenters. The first kappa shape index (κ1) is 26.0. The van der Waals surface area contributed by atoms with Gasteiger partial charge in [-0.2, -0.15) is 0 Å². The minimum absolute atomic E-state index is 0.870. The van der Waals surface area contributed by atoms with Gasteiger partial charge in [-0.1, -0.05) is 140 Å². The van der Waals surface area contributed by atoms with E-state index in [-0.39, 0.29) is 0 Å². The van der Waals surface area contributed by atoms with Crippen molar-refractivity contribution in [3.8, 4) is 33.4 Å². The summed E-state index contributed by atoms with van der Waals surface area (Å²) in [5, 5.41) is 8.65. The lowest BCUT2D eigenvalue weighted by atomic mass is 9.85. The van der Waals surface area contributed by atoms with E-state index in [1.54, 1.807) is 6.08 Å². The molecular formula is C43H30O. The smallest absolute Gasteiger partial charge is 0.135 e. The molecule has 0 amide bonds. The summed E-state index contributed by atoms with van der Waals surface area (Å²) in [5.41, 5.74) is 9.43. The van der Waals surface area contributed by atoms with Crippen LogP contribution < -0.4 is 0 Å². The van der Waals surface area contributed by atoms with Gasteiger partial charge < -0.3 is 4.42 Å². The summed E-state index contributed by atoms with van der Waals surface area (Å²) < 4.78 is 6.17. The summed E-state index contributed by atoms with van der Waals surface area (Å²) in [5.74, 6) is 0.870. The Morgan fingerprint density at radius 2 is 1.07 bits per heavy atom. The maximum Gasteiger partial charge on any atom is 0.135 e. The zero-order valence-corrected chi connectivity index (χ0v) is 24.5. The highest BCUT2D eigenvalue weighted by atomic mass is 16.3. The van der Waals surface area contributed by atoms with Gasteiger partial charge in [0.25, 0.3) is 0 Å². The number of aryl methyl sites for hydroxylation is 1. The van der Waals surface area contributed by atoms with E-state index in [4.69, 9.17) is 4.42 Å². The second-order valence-electron chi connectivity index (χ2n) is 11.3. The van der Waals surface area contributed by atoms with Gasteiger partial charge in [0, 0.05) is 10.9 Å². The summed E-state index contributed by atoms with van der Waals surface area (Å²) in [6.45, 7) is 5.93. The van der Waals surface area contributed by atoms with Crippen LogP contribution in [-0.2, 0) is 0 Å². The van der Waals surface area contributed by atoms with E-state index in [2.05, 4.69) is 147 Å². The molecule has 0 aliphatic heterocycles. The van der Waals surface area contributed by atoms with E-state index in [1.165, 1.54) is 65.7 Å². The standard InChI is InChI=1S/C43H30O/c1-3-4-20-40-28(2)39-27-32(25-26-41(39)44-40)43-37-17-9-7-15-35(37)42(36-16-8-10-18-38(36)43)31-23-21-30(22-24-31)34-19-11-13-29-12-5-6-14-33(29)34/h3-27H,1H2,2H3/b20-4-. The quantitative estimate of drug-likeness (QED) is 0.150. The maximum atomic E-state index is 6.17. The summed E-state index contributed by atoms with van der Waals surface area (Å²) in [6.07, 6.45) is 5.67. The van der Waals surface area contributed by atoms with Crippen molar-refractivity contribution in [3.63, 3.8) is 0 Å². The molecule has 0 aliphatic carbocycles. The zero-order chi connectivity index (χ0) is 29.6. The first-order chi connectivity index (χ1) is 21.7. The second-order valence-corrected chi connectivity index (χ2v) is 11.3. The molecule has 0 saturated carbocycles. The molecule has 0 aliphatic rings. The van der Waals surface area contributed by atoms with E-state index in [9.17, 15) is 0 Å². The molecule has 208 valence electrons. The van der Waals surface area contributed by atoms with Crippen LogP contribution in [-0.4, -0.2) is 0 Å². The van der Waals surface area contributed by atoms with Gasteiger partial charge in [-0.05, 0) is 90.8 Å². The molecule has 0 saturated heterocycles. The van der Waals surface area contributed by atoms with Crippen LogP contribution >= 0.6 is 0 Å². The monoisotopic (exact) mass is 562 g/mol. The lowest BCUT2D eigenvalue weighted by molar-refractivity contribution is 0.601. The van der Waals surface area contributed by atoms with Crippen LogP contribution in [0.4, 0.5) is 0 Å². The minimum Gasteiger partial charge on any atom is -0.456 e. The fourth-order valence-electron chi connectivity index (χ4n) is 6.75. The molecule has 0 bridgehead atoms. The van der Waals surface area contributed by atoms with Crippen molar-refractivity contribution in [2.24, 2.45) is 0 Å². The molecule has 44 heavy (non-hydrogen) atoms. The average Bonchev–Trinajstić information content (AvgIpc) is 3.40. The third-order valence-corrected chi connectivity index (χ3v) is 8.85. The van der Waals surface area contributed by atoms with Crippen molar-refractivity contribution < 1.29 is 4.42 Å². The molecule has 8 aromatic rings. The molecular weight excluding hydrogens is 532 g/mol. The molecule has 1 aromatic heterocycles. The number of fused-ring (bicyclic) bond motifs is 4. The Kier molecular flexibility index (Phi) is 6.24. The molecule has 1 heteroatoms. The van der Waals surface area contributed by atoms with Gasteiger partial charge in [0.1, 0.15) is 11.3 Å². The topological polar surface area (TPSA) is 13.1 Å². The van der Waals surface area contributed by atoms with Crippen LogP contribution in [0.3, 0.4) is 0 Å². The number of allylic oxidation sites excluding steroid dienone is 2. The second kappa shape index (κ2) is 10.6. The summed E-state index contributed by atoms with van der Waals surface area (Å²) in [6, 6.07) is 48.5. The van der Waals surface area contributed by atoms with Crippen molar-refractivity contribution in [2.45, 2.75) is 6.92 Å². The molecule has 0 spiro atoms. The fraction of sp³-hybridized carbons (Fsp3) is 0.0233. The third kappa shape index (κ3) is 4.17. The highest BCUT2D eigenvalue weighted by molar-refractivity contribution is 6.21. The highest BCUT2D eigenvalue weighted by Gasteiger charge is 2.18. The largest absolute Gasteiger partial charge is 0.456 e. The SMILES string of the molecule is C=C/C=C\c1oc2ccc(-c3c4ccccc4c(-c4ccc(-c5cccc6ccccc56)cc4)c4ccccc34)cc2c1C. The Labute approximate surface area is 257 Å². The molecule has 0 fully saturated rings.